The van der Waals surface area contributed by atoms with Gasteiger partial charge in [0.2, 0.25) is 0 Å². The van der Waals surface area contributed by atoms with Gasteiger partial charge in [-0.2, -0.15) is 0 Å². The summed E-state index contributed by atoms with van der Waals surface area (Å²) in [5, 5.41) is 11.9. The summed E-state index contributed by atoms with van der Waals surface area (Å²) < 4.78 is 33.5. The lowest BCUT2D eigenvalue weighted by atomic mass is 10.1. The van der Waals surface area contributed by atoms with E-state index in [1.54, 1.807) is 30.3 Å². The second kappa shape index (κ2) is 6.57. The van der Waals surface area contributed by atoms with Crippen LogP contribution in [0, 0.1) is 0 Å². The number of anilines is 1. The van der Waals surface area contributed by atoms with Crippen LogP contribution in [0.1, 0.15) is 0 Å². The van der Waals surface area contributed by atoms with Gasteiger partial charge in [-0.1, -0.05) is 40.2 Å². The minimum absolute atomic E-state index is 0.0000257. The molecule has 1 aliphatic heterocycles. The van der Waals surface area contributed by atoms with E-state index in [2.05, 4.69) is 15.9 Å². The maximum absolute atomic E-state index is 12.9. The number of benzene rings is 3. The third kappa shape index (κ3) is 2.96. The Morgan fingerprint density at radius 3 is 2.46 bits per heavy atom. The van der Waals surface area contributed by atoms with Crippen molar-refractivity contribution in [2.45, 2.75) is 11.0 Å². The van der Waals surface area contributed by atoms with Crippen molar-refractivity contribution in [3.63, 3.8) is 0 Å². The summed E-state index contributed by atoms with van der Waals surface area (Å²) in [6, 6.07) is 17.9. The highest BCUT2D eigenvalue weighted by molar-refractivity contribution is 9.10. The van der Waals surface area contributed by atoms with E-state index in [1.165, 1.54) is 4.31 Å². The van der Waals surface area contributed by atoms with E-state index in [1.807, 2.05) is 30.3 Å². The Hall–Kier alpha value is -2.09. The molecule has 0 saturated heterocycles. The number of ether oxygens (including phenoxy) is 1. The van der Waals surface area contributed by atoms with Gasteiger partial charge in [0.1, 0.15) is 18.5 Å². The number of aliphatic hydroxyl groups excluding tert-OH is 1. The molecule has 1 unspecified atom stereocenters. The Morgan fingerprint density at radius 2 is 1.73 bits per heavy atom. The van der Waals surface area contributed by atoms with Gasteiger partial charge in [-0.05, 0) is 41.8 Å². The number of halogens is 1. The highest BCUT2D eigenvalue weighted by Crippen LogP contribution is 2.41. The summed E-state index contributed by atoms with van der Waals surface area (Å²) >= 11 is 3.35. The standard InChI is InChI=1S/C19H16BrNO4S/c20-14-7-9-16(10-8-14)25-12-15(22)11-21-17-5-1-3-13-4-2-6-18(19(13)17)26(21,23)24/h1-10,15,22H,11-12H2. The first-order valence-corrected chi connectivity index (χ1v) is 10.3. The summed E-state index contributed by atoms with van der Waals surface area (Å²) in [5.41, 5.74) is 0.598. The predicted molar refractivity (Wildman–Crippen MR) is 104 cm³/mol. The van der Waals surface area contributed by atoms with E-state index >= 15 is 0 Å². The molecule has 0 amide bonds. The normalized spacial score (nSPS) is 16.0. The number of aliphatic hydroxyl groups is 1. The van der Waals surface area contributed by atoms with Crippen molar-refractivity contribution in [1.29, 1.82) is 0 Å². The van der Waals surface area contributed by atoms with Crippen molar-refractivity contribution in [3.05, 3.63) is 65.1 Å². The molecule has 4 rings (SSSR count). The summed E-state index contributed by atoms with van der Waals surface area (Å²) in [7, 11) is -3.67. The van der Waals surface area contributed by atoms with Crippen molar-refractivity contribution in [2.24, 2.45) is 0 Å². The van der Waals surface area contributed by atoms with E-state index in [9.17, 15) is 13.5 Å². The molecule has 0 aliphatic carbocycles. The van der Waals surface area contributed by atoms with Gasteiger partial charge < -0.3 is 9.84 Å². The smallest absolute Gasteiger partial charge is 0.265 e. The first kappa shape index (κ1) is 17.3. The number of rotatable bonds is 5. The topological polar surface area (TPSA) is 66.8 Å². The third-order valence-electron chi connectivity index (χ3n) is 4.31. The molecular formula is C19H16BrNO4S. The van der Waals surface area contributed by atoms with Gasteiger partial charge in [0.15, 0.2) is 0 Å². The highest BCUT2D eigenvalue weighted by Gasteiger charge is 2.36. The first-order valence-electron chi connectivity index (χ1n) is 8.08. The molecule has 0 radical (unpaired) electrons. The van der Waals surface area contributed by atoms with Crippen molar-refractivity contribution in [3.8, 4) is 5.75 Å². The van der Waals surface area contributed by atoms with Crippen LogP contribution in [-0.4, -0.2) is 32.8 Å². The third-order valence-corrected chi connectivity index (χ3v) is 6.66. The fraction of sp³-hybridized carbons (Fsp3) is 0.158. The monoisotopic (exact) mass is 433 g/mol. The van der Waals surface area contributed by atoms with Gasteiger partial charge in [-0.3, -0.25) is 4.31 Å². The Bertz CT molecular complexity index is 1060. The van der Waals surface area contributed by atoms with Crippen LogP contribution in [0.15, 0.2) is 70.0 Å². The van der Waals surface area contributed by atoms with E-state index in [-0.39, 0.29) is 18.0 Å². The van der Waals surface area contributed by atoms with Gasteiger partial charge in [0.05, 0.1) is 17.1 Å². The van der Waals surface area contributed by atoms with Crippen LogP contribution in [0.4, 0.5) is 5.69 Å². The number of β-amino-alcohol motifs (C(OH)–C–C–N with tert-alkyl or cyclic N) is 1. The molecule has 1 heterocycles. The van der Waals surface area contributed by atoms with Crippen molar-refractivity contribution in [2.75, 3.05) is 17.5 Å². The zero-order valence-electron chi connectivity index (χ0n) is 13.7. The molecule has 3 aromatic rings. The summed E-state index contributed by atoms with van der Waals surface area (Å²) in [4.78, 5) is 0.284. The molecule has 26 heavy (non-hydrogen) atoms. The maximum atomic E-state index is 12.9. The SMILES string of the molecule is O=S1(=O)c2cccc3cccc(c23)N1CC(O)COc1ccc(Br)cc1. The minimum Gasteiger partial charge on any atom is -0.491 e. The Labute approximate surface area is 160 Å². The molecule has 1 atom stereocenters. The van der Waals surface area contributed by atoms with E-state index in [4.69, 9.17) is 4.74 Å². The zero-order chi connectivity index (χ0) is 18.3. The summed E-state index contributed by atoms with van der Waals surface area (Å²) in [6.45, 7) is -0.0629. The molecule has 0 spiro atoms. The second-order valence-corrected chi connectivity index (χ2v) is 8.83. The van der Waals surface area contributed by atoms with Gasteiger partial charge >= 0.3 is 0 Å². The maximum Gasteiger partial charge on any atom is 0.265 e. The van der Waals surface area contributed by atoms with E-state index in [0.717, 1.165) is 9.86 Å². The Kier molecular flexibility index (Phi) is 4.38. The lowest BCUT2D eigenvalue weighted by molar-refractivity contribution is 0.115. The molecule has 1 N–H and O–H groups in total. The largest absolute Gasteiger partial charge is 0.491 e. The van der Waals surface area contributed by atoms with Crippen LogP contribution in [0.25, 0.3) is 10.8 Å². The number of nitrogens with zero attached hydrogens (tertiary/aromatic N) is 1. The predicted octanol–water partition coefficient (Wildman–Crippen LogP) is 3.55. The molecule has 7 heteroatoms. The molecule has 0 bridgehead atoms. The van der Waals surface area contributed by atoms with Crippen molar-refractivity contribution < 1.29 is 18.3 Å². The van der Waals surface area contributed by atoms with Crippen LogP contribution in [0.3, 0.4) is 0 Å². The average Bonchev–Trinajstić information content (AvgIpc) is 2.85. The average molecular weight is 434 g/mol. The van der Waals surface area contributed by atoms with Crippen LogP contribution in [-0.2, 0) is 10.0 Å². The fourth-order valence-corrected chi connectivity index (χ4v) is 5.13. The van der Waals surface area contributed by atoms with Crippen LogP contribution >= 0.6 is 15.9 Å². The quantitative estimate of drug-likeness (QED) is 0.667. The lowest BCUT2D eigenvalue weighted by Gasteiger charge is -2.22. The van der Waals surface area contributed by atoms with Crippen LogP contribution < -0.4 is 9.04 Å². The van der Waals surface area contributed by atoms with Gasteiger partial charge in [0.25, 0.3) is 10.0 Å². The highest BCUT2D eigenvalue weighted by atomic mass is 79.9. The minimum atomic E-state index is -3.67. The zero-order valence-corrected chi connectivity index (χ0v) is 16.1. The van der Waals surface area contributed by atoms with Gasteiger partial charge in [0, 0.05) is 9.86 Å². The fourth-order valence-electron chi connectivity index (χ4n) is 3.12. The van der Waals surface area contributed by atoms with E-state index < -0.39 is 16.1 Å². The summed E-state index contributed by atoms with van der Waals surface area (Å²) in [5.74, 6) is 0.613. The number of sulfonamides is 1. The van der Waals surface area contributed by atoms with Crippen molar-refractivity contribution in [1.82, 2.24) is 0 Å². The second-order valence-electron chi connectivity index (χ2n) is 6.09. The Morgan fingerprint density at radius 1 is 1.04 bits per heavy atom. The van der Waals surface area contributed by atoms with Gasteiger partial charge in [-0.15, -0.1) is 0 Å². The van der Waals surface area contributed by atoms with Crippen molar-refractivity contribution >= 4 is 42.4 Å². The molecule has 5 nitrogen and oxygen atoms in total. The van der Waals surface area contributed by atoms with Gasteiger partial charge in [-0.25, -0.2) is 8.42 Å². The van der Waals surface area contributed by atoms with E-state index in [0.29, 0.717) is 16.8 Å². The Balaban J connectivity index is 1.55. The lowest BCUT2D eigenvalue weighted by Crippen LogP contribution is -2.37. The molecule has 0 fully saturated rings. The van der Waals surface area contributed by atoms with Crippen LogP contribution in [0.2, 0.25) is 0 Å². The van der Waals surface area contributed by atoms with Crippen LogP contribution in [0.5, 0.6) is 5.75 Å². The molecule has 1 aliphatic rings. The number of hydrogen-bond acceptors (Lipinski definition) is 4. The molecule has 0 aromatic heterocycles. The molecule has 134 valence electrons. The summed E-state index contributed by atoms with van der Waals surface area (Å²) in [6.07, 6.45) is -0.960. The number of hydrogen-bond donors (Lipinski definition) is 1. The first-order chi connectivity index (χ1) is 12.5. The molecule has 3 aromatic carbocycles. The molecular weight excluding hydrogens is 418 g/mol. The molecule has 0 saturated carbocycles.